The highest BCUT2D eigenvalue weighted by molar-refractivity contribution is 7.88. The van der Waals surface area contributed by atoms with Crippen LogP contribution >= 0.6 is 11.3 Å². The van der Waals surface area contributed by atoms with E-state index in [-0.39, 0.29) is 49.9 Å². The summed E-state index contributed by atoms with van der Waals surface area (Å²) in [6.45, 7) is 19.5. The lowest BCUT2D eigenvalue weighted by Gasteiger charge is -2.38. The van der Waals surface area contributed by atoms with Crippen LogP contribution in [0.15, 0.2) is 12.3 Å². The summed E-state index contributed by atoms with van der Waals surface area (Å²) in [5, 5.41) is 3.37. The molecule has 0 fully saturated rings. The lowest BCUT2D eigenvalue weighted by molar-refractivity contribution is -0.0499. The SMILES string of the molecule is CC(C)[Si](C#Cc1c(F)sc2cc3c(cnn3COCC[Si](C)(C)C)c(OS(=O)(=O)C(F)(F)F)c12)(C(C)C)C(C)C. The molecule has 41 heavy (non-hydrogen) atoms. The summed E-state index contributed by atoms with van der Waals surface area (Å²) < 4.78 is 92.4. The third-order valence-electron chi connectivity index (χ3n) is 7.47. The second kappa shape index (κ2) is 12.0. The van der Waals surface area contributed by atoms with Gasteiger partial charge in [0.2, 0.25) is 0 Å². The van der Waals surface area contributed by atoms with Crippen molar-refractivity contribution in [2.45, 2.75) is 96.1 Å². The van der Waals surface area contributed by atoms with Crippen molar-refractivity contribution in [1.82, 2.24) is 9.78 Å². The minimum absolute atomic E-state index is 0.0138. The predicted molar refractivity (Wildman–Crippen MR) is 163 cm³/mol. The van der Waals surface area contributed by atoms with Crippen LogP contribution in [-0.4, -0.2) is 46.5 Å². The summed E-state index contributed by atoms with van der Waals surface area (Å²) in [6, 6.07) is 2.45. The van der Waals surface area contributed by atoms with E-state index in [1.807, 2.05) is 0 Å². The Morgan fingerprint density at radius 3 is 2.17 bits per heavy atom. The molecule has 0 spiro atoms. The molecule has 2 aromatic heterocycles. The molecule has 0 atom stereocenters. The second-order valence-corrected chi connectivity index (χ2v) is 26.1. The molecule has 0 aliphatic carbocycles. The average molecular weight is 651 g/mol. The Bertz CT molecular complexity index is 1560. The quantitative estimate of drug-likeness (QED) is 0.0550. The Morgan fingerprint density at radius 2 is 1.66 bits per heavy atom. The van der Waals surface area contributed by atoms with Gasteiger partial charge in [0.1, 0.15) is 14.8 Å². The number of nitrogens with zero attached hydrogens (tertiary/aromatic N) is 2. The van der Waals surface area contributed by atoms with E-state index in [4.69, 9.17) is 8.92 Å². The van der Waals surface area contributed by atoms with Crippen LogP contribution in [-0.2, 0) is 21.6 Å². The van der Waals surface area contributed by atoms with E-state index in [9.17, 15) is 21.6 Å². The van der Waals surface area contributed by atoms with Crippen molar-refractivity contribution in [2.24, 2.45) is 0 Å². The van der Waals surface area contributed by atoms with E-state index in [0.717, 1.165) is 6.04 Å². The van der Waals surface area contributed by atoms with Gasteiger partial charge >= 0.3 is 15.6 Å². The van der Waals surface area contributed by atoms with Crippen LogP contribution in [0.1, 0.15) is 47.1 Å². The molecule has 6 nitrogen and oxygen atoms in total. The highest BCUT2D eigenvalue weighted by Gasteiger charge is 2.49. The van der Waals surface area contributed by atoms with Crippen molar-refractivity contribution in [2.75, 3.05) is 6.61 Å². The minimum Gasteiger partial charge on any atom is -0.374 e. The van der Waals surface area contributed by atoms with E-state index >= 15 is 4.39 Å². The third kappa shape index (κ3) is 6.85. The molecule has 2 heterocycles. The van der Waals surface area contributed by atoms with Gasteiger partial charge in [0.25, 0.3) is 0 Å². The van der Waals surface area contributed by atoms with Crippen molar-refractivity contribution in [3.8, 4) is 17.2 Å². The summed E-state index contributed by atoms with van der Waals surface area (Å²) >= 11 is 0.675. The zero-order valence-electron chi connectivity index (χ0n) is 24.9. The van der Waals surface area contributed by atoms with Gasteiger partial charge in [-0.1, -0.05) is 67.1 Å². The lowest BCUT2D eigenvalue weighted by atomic mass is 10.1. The number of hydrogen-bond acceptors (Lipinski definition) is 6. The summed E-state index contributed by atoms with van der Waals surface area (Å²) in [6.07, 6.45) is 1.21. The van der Waals surface area contributed by atoms with Crippen molar-refractivity contribution in [3.63, 3.8) is 0 Å². The monoisotopic (exact) mass is 650 g/mol. The Hall–Kier alpha value is -1.93. The zero-order chi connectivity index (χ0) is 31.1. The molecule has 0 N–H and O–H groups in total. The largest absolute Gasteiger partial charge is 0.534 e. The van der Waals surface area contributed by atoms with Gasteiger partial charge < -0.3 is 8.92 Å². The summed E-state index contributed by atoms with van der Waals surface area (Å²) in [7, 11) is -9.80. The summed E-state index contributed by atoms with van der Waals surface area (Å²) in [4.78, 5) is 0. The smallest absolute Gasteiger partial charge is 0.374 e. The van der Waals surface area contributed by atoms with Gasteiger partial charge in [-0.15, -0.1) is 16.9 Å². The van der Waals surface area contributed by atoms with Crippen LogP contribution < -0.4 is 4.18 Å². The maximum Gasteiger partial charge on any atom is 0.534 e. The van der Waals surface area contributed by atoms with Crippen LogP contribution in [0.2, 0.25) is 42.3 Å². The van der Waals surface area contributed by atoms with Crippen molar-refractivity contribution in [3.05, 3.63) is 23.0 Å². The number of thiophene rings is 1. The number of aromatic nitrogens is 2. The number of hydrogen-bond donors (Lipinski definition) is 0. The number of halogens is 4. The van der Waals surface area contributed by atoms with Crippen LogP contribution in [0, 0.1) is 16.6 Å². The first-order chi connectivity index (χ1) is 18.7. The van der Waals surface area contributed by atoms with Crippen LogP contribution in [0.5, 0.6) is 5.75 Å². The highest BCUT2D eigenvalue weighted by atomic mass is 32.2. The molecule has 0 amide bonds. The molecular weight excluding hydrogens is 613 g/mol. The molecule has 0 bridgehead atoms. The number of benzene rings is 1. The molecule has 0 saturated heterocycles. The molecule has 228 valence electrons. The van der Waals surface area contributed by atoms with Crippen molar-refractivity contribution >= 4 is 58.6 Å². The molecule has 3 rings (SSSR count). The van der Waals surface area contributed by atoms with E-state index in [0.29, 0.717) is 17.9 Å². The Kier molecular flexibility index (Phi) is 9.82. The summed E-state index contributed by atoms with van der Waals surface area (Å²) in [5.74, 6) is 2.32. The fourth-order valence-corrected chi connectivity index (χ4v) is 12.7. The maximum absolute atomic E-state index is 15.5. The number of alkyl halides is 3. The van der Waals surface area contributed by atoms with Crippen LogP contribution in [0.4, 0.5) is 17.6 Å². The standard InChI is InChI=1S/C27H38F4N2O4S2Si2/c1-17(2)41(18(3)4,19(5)6)12-10-20-24-23(38-26(20)28)14-22-21(25(24)37-39(34,35)27(29,30)31)15-32-33(22)16-36-11-13-40(7,8)9/h14-15,17-19H,11,13,16H2,1-9H3. The molecule has 0 aliphatic heterocycles. The topological polar surface area (TPSA) is 70.4 Å². The Balaban J connectivity index is 2.28. The van der Waals surface area contributed by atoms with E-state index < -0.39 is 42.7 Å². The minimum atomic E-state index is -6.07. The number of ether oxygens (including phenoxy) is 1. The molecule has 0 unspecified atom stereocenters. The first-order valence-corrected chi connectivity index (χ1v) is 21.6. The fourth-order valence-electron chi connectivity index (χ4n) is 5.32. The average Bonchev–Trinajstić information content (AvgIpc) is 3.35. The molecular formula is C27H38F4N2O4S2Si2. The number of fused-ring (bicyclic) bond motifs is 2. The summed E-state index contributed by atoms with van der Waals surface area (Å²) in [5.41, 5.74) is -1.57. The predicted octanol–water partition coefficient (Wildman–Crippen LogP) is 8.50. The first-order valence-electron chi connectivity index (χ1n) is 13.4. The first kappa shape index (κ1) is 33.6. The van der Waals surface area contributed by atoms with E-state index in [2.05, 4.69) is 77.7 Å². The molecule has 14 heteroatoms. The molecule has 0 radical (unpaired) electrons. The van der Waals surface area contributed by atoms with Gasteiger partial charge in [-0.25, -0.2) is 4.68 Å². The van der Waals surface area contributed by atoms with Crippen LogP contribution in [0.3, 0.4) is 0 Å². The Morgan fingerprint density at radius 1 is 1.07 bits per heavy atom. The molecule has 3 aromatic rings. The lowest BCUT2D eigenvalue weighted by Crippen LogP contribution is -2.43. The van der Waals surface area contributed by atoms with Gasteiger partial charge in [-0.05, 0) is 28.7 Å². The van der Waals surface area contributed by atoms with E-state index in [1.54, 1.807) is 6.07 Å². The van der Waals surface area contributed by atoms with Gasteiger partial charge in [0.05, 0.1) is 28.0 Å². The Labute approximate surface area is 245 Å². The maximum atomic E-state index is 15.5. The zero-order valence-corrected chi connectivity index (χ0v) is 28.5. The number of rotatable bonds is 10. The van der Waals surface area contributed by atoms with Gasteiger partial charge in [-0.3, -0.25) is 0 Å². The van der Waals surface area contributed by atoms with Gasteiger partial charge in [-0.2, -0.15) is 31.1 Å². The molecule has 0 saturated carbocycles. The third-order valence-corrected chi connectivity index (χ3v) is 17.3. The van der Waals surface area contributed by atoms with Gasteiger partial charge in [0, 0.05) is 19.4 Å². The van der Waals surface area contributed by atoms with Gasteiger partial charge in [0.15, 0.2) is 10.9 Å². The normalized spacial score (nSPS) is 13.6. The van der Waals surface area contributed by atoms with Crippen molar-refractivity contribution in [1.29, 1.82) is 0 Å². The molecule has 1 aromatic carbocycles. The van der Waals surface area contributed by atoms with Crippen molar-refractivity contribution < 1.29 is 34.9 Å². The highest BCUT2D eigenvalue weighted by Crippen LogP contribution is 2.45. The molecule has 0 aliphatic rings. The second-order valence-electron chi connectivity index (χ2n) is 12.4. The van der Waals surface area contributed by atoms with E-state index in [1.165, 1.54) is 10.9 Å². The van der Waals surface area contributed by atoms with Crippen LogP contribution in [0.25, 0.3) is 21.0 Å². The fraction of sp³-hybridized carbons (Fsp3) is 0.593.